The van der Waals surface area contributed by atoms with Crippen molar-refractivity contribution >= 4 is 12.4 Å². The second-order valence-corrected chi connectivity index (χ2v) is 6.66. The van der Waals surface area contributed by atoms with E-state index in [-0.39, 0.29) is 18.7 Å². The van der Waals surface area contributed by atoms with Gasteiger partial charge in [0.15, 0.2) is 6.29 Å². The summed E-state index contributed by atoms with van der Waals surface area (Å²) in [4.78, 5) is 28.4. The molecule has 0 aromatic rings. The van der Waals surface area contributed by atoms with E-state index in [0.717, 1.165) is 12.8 Å². The lowest BCUT2D eigenvalue weighted by Crippen LogP contribution is -2.46. The number of carboxylic acid groups (broad SMARTS) is 1. The average Bonchev–Trinajstić information content (AvgIpc) is 2.52. The highest BCUT2D eigenvalue weighted by Gasteiger charge is 2.38. The maximum atomic E-state index is 12.6. The maximum Gasteiger partial charge on any atom is 0.389 e. The first-order valence-electron chi connectivity index (χ1n) is 8.45. The van der Waals surface area contributed by atoms with Crippen LogP contribution in [0, 0.1) is 11.8 Å². The molecule has 1 fully saturated rings. The van der Waals surface area contributed by atoms with Crippen LogP contribution in [-0.2, 0) is 19.2 Å². The molecule has 25 heavy (non-hydrogen) atoms. The largest absolute Gasteiger partial charge is 0.481 e. The van der Waals surface area contributed by atoms with Gasteiger partial charge < -0.3 is 9.84 Å². The number of hydrogen-bond acceptors (Lipinski definition) is 4. The second kappa shape index (κ2) is 9.96. The fourth-order valence-electron chi connectivity index (χ4n) is 2.86. The molecule has 1 saturated heterocycles. The number of ether oxygens (including phenoxy) is 1. The Bertz CT molecular complexity index is 424. The molecule has 1 heterocycles. The third kappa shape index (κ3) is 8.04. The molecule has 1 aliphatic rings. The first-order valence-corrected chi connectivity index (χ1v) is 8.45. The molecule has 0 radical (unpaired) electrons. The highest BCUT2D eigenvalue weighted by molar-refractivity contribution is 5.71. The lowest BCUT2D eigenvalue weighted by molar-refractivity contribution is -0.292. The van der Waals surface area contributed by atoms with Gasteiger partial charge in [-0.3, -0.25) is 9.59 Å². The Labute approximate surface area is 145 Å². The molecule has 1 amide bonds. The van der Waals surface area contributed by atoms with Crippen LogP contribution in [0.25, 0.3) is 0 Å². The quantitative estimate of drug-likeness (QED) is 0.472. The lowest BCUT2D eigenvalue weighted by Gasteiger charge is -2.35. The van der Waals surface area contributed by atoms with Crippen molar-refractivity contribution in [3.8, 4) is 0 Å². The molecule has 6 nitrogen and oxygen atoms in total. The summed E-state index contributed by atoms with van der Waals surface area (Å²) in [5.74, 6) is -2.47. The Morgan fingerprint density at radius 1 is 1.40 bits per heavy atom. The number of amides is 1. The van der Waals surface area contributed by atoms with Crippen molar-refractivity contribution in [3.63, 3.8) is 0 Å². The smallest absolute Gasteiger partial charge is 0.389 e. The molecule has 0 spiro atoms. The maximum absolute atomic E-state index is 12.6. The van der Waals surface area contributed by atoms with Crippen LogP contribution >= 0.6 is 0 Å². The van der Waals surface area contributed by atoms with Crippen LogP contribution in [0.5, 0.6) is 0 Å². The number of alkyl halides is 3. The molecule has 1 aliphatic heterocycles. The summed E-state index contributed by atoms with van der Waals surface area (Å²) >= 11 is 0. The zero-order valence-electron chi connectivity index (χ0n) is 14.5. The van der Waals surface area contributed by atoms with Gasteiger partial charge in [-0.2, -0.15) is 13.2 Å². The highest BCUT2D eigenvalue weighted by atomic mass is 19.4. The van der Waals surface area contributed by atoms with Gasteiger partial charge in [-0.1, -0.05) is 13.8 Å². The Balaban J connectivity index is 2.94. The number of nitrogens with zero attached hydrogens (tertiary/aromatic N) is 1. The van der Waals surface area contributed by atoms with Crippen LogP contribution in [-0.4, -0.2) is 47.7 Å². The number of carboxylic acids is 1. The van der Waals surface area contributed by atoms with Gasteiger partial charge >= 0.3 is 12.1 Å². The fourth-order valence-corrected chi connectivity index (χ4v) is 2.86. The average molecular weight is 369 g/mol. The van der Waals surface area contributed by atoms with E-state index in [1.165, 1.54) is 0 Å². The Kier molecular flexibility index (Phi) is 8.64. The van der Waals surface area contributed by atoms with E-state index in [9.17, 15) is 27.9 Å². The molecule has 1 rings (SSSR count). The third-order valence-corrected chi connectivity index (χ3v) is 4.04. The van der Waals surface area contributed by atoms with Crippen molar-refractivity contribution < 1.29 is 37.4 Å². The summed E-state index contributed by atoms with van der Waals surface area (Å²) in [7, 11) is 0. The first kappa shape index (κ1) is 21.7. The summed E-state index contributed by atoms with van der Waals surface area (Å²) in [6, 6.07) is -1.22. The number of rotatable bonds is 10. The van der Waals surface area contributed by atoms with Crippen LogP contribution in [0.1, 0.15) is 52.4 Å². The van der Waals surface area contributed by atoms with Crippen molar-refractivity contribution in [1.82, 2.24) is 5.06 Å². The highest BCUT2D eigenvalue weighted by Crippen LogP contribution is 2.30. The Morgan fingerprint density at radius 2 is 2.08 bits per heavy atom. The minimum absolute atomic E-state index is 0.0612. The molecule has 0 aromatic carbocycles. The number of halogens is 3. The molecule has 0 saturated carbocycles. The van der Waals surface area contributed by atoms with Gasteiger partial charge in [0, 0.05) is 19.4 Å². The molecule has 146 valence electrons. The summed E-state index contributed by atoms with van der Waals surface area (Å²) in [6.07, 6.45) is -4.42. The normalized spacial score (nSPS) is 21.0. The second-order valence-electron chi connectivity index (χ2n) is 6.66. The van der Waals surface area contributed by atoms with Crippen LogP contribution in [0.4, 0.5) is 13.2 Å². The molecule has 0 aliphatic carbocycles. The topological polar surface area (TPSA) is 76.1 Å². The van der Waals surface area contributed by atoms with E-state index >= 15 is 0 Å². The van der Waals surface area contributed by atoms with Gasteiger partial charge in [-0.25, -0.2) is 9.90 Å². The third-order valence-electron chi connectivity index (χ3n) is 4.04. The van der Waals surface area contributed by atoms with Crippen molar-refractivity contribution in [2.75, 3.05) is 6.61 Å². The van der Waals surface area contributed by atoms with E-state index in [1.54, 1.807) is 13.8 Å². The number of hydrogen-bond donors (Lipinski definition) is 1. The van der Waals surface area contributed by atoms with Gasteiger partial charge in [0.05, 0.1) is 12.0 Å². The lowest BCUT2D eigenvalue weighted by atomic mass is 9.87. The molecule has 1 N–H and O–H groups in total. The van der Waals surface area contributed by atoms with E-state index in [2.05, 4.69) is 0 Å². The number of carbonyl (C=O) groups excluding carboxylic acids is 1. The summed E-state index contributed by atoms with van der Waals surface area (Å²) in [5.41, 5.74) is 0. The molecular formula is C16H26F3NO5. The van der Waals surface area contributed by atoms with Crippen molar-refractivity contribution in [3.05, 3.63) is 0 Å². The van der Waals surface area contributed by atoms with E-state index in [1.807, 2.05) is 0 Å². The van der Waals surface area contributed by atoms with Crippen LogP contribution < -0.4 is 0 Å². The predicted octanol–water partition coefficient (Wildman–Crippen LogP) is 3.36. The Morgan fingerprint density at radius 3 is 2.52 bits per heavy atom. The molecule has 9 heteroatoms. The Hall–Kier alpha value is -1.35. The van der Waals surface area contributed by atoms with Crippen LogP contribution in [0.15, 0.2) is 0 Å². The molecular weight excluding hydrogens is 343 g/mol. The minimum Gasteiger partial charge on any atom is -0.481 e. The standard InChI is InChI=1S/C16H26F3NO5/c1-11(2)9-12(15(22)23)13(6-7-16(17,18)19)20(10-21)25-14-5-3-4-8-24-14/h10-14H,3-9H2,1-2H3,(H,22,23)/t12?,13-,14?/m0/s1. The molecule has 0 aromatic heterocycles. The van der Waals surface area contributed by atoms with Crippen molar-refractivity contribution in [2.24, 2.45) is 11.8 Å². The minimum atomic E-state index is -4.45. The molecule has 3 atom stereocenters. The number of hydroxylamine groups is 2. The van der Waals surface area contributed by atoms with E-state index in [0.29, 0.717) is 18.1 Å². The summed E-state index contributed by atoms with van der Waals surface area (Å²) < 4.78 is 43.3. The van der Waals surface area contributed by atoms with Crippen molar-refractivity contribution in [2.45, 2.75) is 70.9 Å². The SMILES string of the molecule is CC(C)CC(C(=O)O)[C@H](CCC(F)(F)F)N(C=O)OC1CCCCO1. The van der Waals surface area contributed by atoms with Crippen molar-refractivity contribution in [1.29, 1.82) is 0 Å². The zero-order chi connectivity index (χ0) is 19.0. The van der Waals surface area contributed by atoms with Gasteiger partial charge in [0.1, 0.15) is 0 Å². The number of aliphatic carboxylic acids is 1. The fraction of sp³-hybridized carbons (Fsp3) is 0.875. The van der Waals surface area contributed by atoms with Crippen LogP contribution in [0.2, 0.25) is 0 Å². The molecule has 2 unspecified atom stereocenters. The first-order chi connectivity index (χ1) is 11.6. The zero-order valence-corrected chi connectivity index (χ0v) is 14.5. The summed E-state index contributed by atoms with van der Waals surface area (Å²) in [6.45, 7) is 3.97. The van der Waals surface area contributed by atoms with Crippen LogP contribution in [0.3, 0.4) is 0 Å². The van der Waals surface area contributed by atoms with E-state index < -0.39 is 43.2 Å². The van der Waals surface area contributed by atoms with Gasteiger partial charge in [-0.05, 0) is 31.6 Å². The van der Waals surface area contributed by atoms with Gasteiger partial charge in [-0.15, -0.1) is 0 Å². The van der Waals surface area contributed by atoms with Gasteiger partial charge in [0.2, 0.25) is 6.41 Å². The number of carbonyl (C=O) groups is 2. The molecule has 0 bridgehead atoms. The van der Waals surface area contributed by atoms with Gasteiger partial charge in [0.25, 0.3) is 0 Å². The van der Waals surface area contributed by atoms with E-state index in [4.69, 9.17) is 9.57 Å². The monoisotopic (exact) mass is 369 g/mol. The summed E-state index contributed by atoms with van der Waals surface area (Å²) in [5, 5.41) is 10.2. The predicted molar refractivity (Wildman–Crippen MR) is 82.2 cm³/mol.